The molecule has 31 heavy (non-hydrogen) atoms. The zero-order valence-electron chi connectivity index (χ0n) is 17.9. The van der Waals surface area contributed by atoms with Crippen molar-refractivity contribution in [1.82, 2.24) is 10.2 Å². The number of rotatable bonds is 8. The predicted octanol–water partition coefficient (Wildman–Crippen LogP) is 5.28. The fourth-order valence-corrected chi connectivity index (χ4v) is 4.28. The zero-order valence-corrected chi connectivity index (χ0v) is 18.7. The normalized spacial score (nSPS) is 15.3. The summed E-state index contributed by atoms with van der Waals surface area (Å²) in [6.07, 6.45) is 5.77. The molecule has 166 valence electrons. The van der Waals surface area contributed by atoms with Crippen molar-refractivity contribution in [2.24, 2.45) is 0 Å². The lowest BCUT2D eigenvalue weighted by Gasteiger charge is -2.33. The number of carbonyl (C=O) groups is 2. The highest BCUT2D eigenvalue weighted by Gasteiger charge is 2.30. The van der Waals surface area contributed by atoms with Gasteiger partial charge in [0.2, 0.25) is 11.8 Å². The predicted molar refractivity (Wildman–Crippen MR) is 121 cm³/mol. The van der Waals surface area contributed by atoms with Crippen molar-refractivity contribution in [3.8, 4) is 0 Å². The second-order valence-corrected chi connectivity index (χ2v) is 8.62. The third-order valence-corrected chi connectivity index (χ3v) is 6.16. The quantitative estimate of drug-likeness (QED) is 0.602. The summed E-state index contributed by atoms with van der Waals surface area (Å²) < 4.78 is 14.2. The Morgan fingerprint density at radius 2 is 1.77 bits per heavy atom. The average molecular weight is 445 g/mol. The molecule has 2 aromatic rings. The molecule has 1 atom stereocenters. The molecule has 0 spiro atoms. The summed E-state index contributed by atoms with van der Waals surface area (Å²) >= 11 is 6.00. The number of halogens is 2. The van der Waals surface area contributed by atoms with Crippen LogP contribution in [0.4, 0.5) is 4.39 Å². The Morgan fingerprint density at radius 1 is 1.10 bits per heavy atom. The van der Waals surface area contributed by atoms with Crippen LogP contribution in [0, 0.1) is 5.82 Å². The molecule has 2 amide bonds. The second kappa shape index (κ2) is 11.3. The molecule has 0 saturated heterocycles. The number of hydrogen-bond acceptors (Lipinski definition) is 2. The van der Waals surface area contributed by atoms with E-state index in [0.29, 0.717) is 17.0 Å². The number of nitrogens with zero attached hydrogens (tertiary/aromatic N) is 1. The van der Waals surface area contributed by atoms with E-state index in [1.165, 1.54) is 12.5 Å². The fourth-order valence-electron chi connectivity index (χ4n) is 4.16. The van der Waals surface area contributed by atoms with Crippen LogP contribution in [0.2, 0.25) is 5.02 Å². The molecule has 0 unspecified atom stereocenters. The minimum absolute atomic E-state index is 0.0898. The van der Waals surface area contributed by atoms with E-state index in [0.717, 1.165) is 31.2 Å². The van der Waals surface area contributed by atoms with Gasteiger partial charge < -0.3 is 10.2 Å². The number of amides is 2. The number of benzene rings is 2. The van der Waals surface area contributed by atoms with E-state index in [9.17, 15) is 14.0 Å². The second-order valence-electron chi connectivity index (χ2n) is 8.18. The van der Waals surface area contributed by atoms with E-state index in [1.54, 1.807) is 35.2 Å². The highest BCUT2D eigenvalue weighted by molar-refractivity contribution is 6.30. The van der Waals surface area contributed by atoms with Crippen molar-refractivity contribution in [1.29, 1.82) is 0 Å². The Labute approximate surface area is 188 Å². The highest BCUT2D eigenvalue weighted by atomic mass is 35.5. The third kappa shape index (κ3) is 6.54. The van der Waals surface area contributed by atoms with E-state index in [4.69, 9.17) is 11.6 Å². The Bertz CT molecular complexity index is 881. The van der Waals surface area contributed by atoms with Crippen LogP contribution in [0.5, 0.6) is 0 Å². The van der Waals surface area contributed by atoms with Crippen LogP contribution >= 0.6 is 11.6 Å². The molecule has 1 aliphatic carbocycles. The van der Waals surface area contributed by atoms with Crippen molar-refractivity contribution in [2.75, 3.05) is 0 Å². The zero-order chi connectivity index (χ0) is 22.2. The van der Waals surface area contributed by atoms with Crippen LogP contribution in [-0.2, 0) is 22.6 Å². The standard InChI is InChI=1S/C25H30ClFN2O2/c1-2-23(25(31)28-21-9-4-3-5-10-21)29(17-18-12-14-20(26)15-13-18)24(30)16-19-8-6-7-11-22(19)27/h6-8,11-15,21,23H,2-5,9-10,16-17H2,1H3,(H,28,31)/t23-/m0/s1. The molecule has 2 aromatic carbocycles. The van der Waals surface area contributed by atoms with E-state index in [2.05, 4.69) is 5.32 Å². The first-order chi connectivity index (χ1) is 15.0. The molecule has 0 heterocycles. The van der Waals surface area contributed by atoms with Gasteiger partial charge in [-0.2, -0.15) is 0 Å². The topological polar surface area (TPSA) is 49.4 Å². The summed E-state index contributed by atoms with van der Waals surface area (Å²) in [5.41, 5.74) is 1.20. The lowest BCUT2D eigenvalue weighted by atomic mass is 9.95. The van der Waals surface area contributed by atoms with Crippen molar-refractivity contribution < 1.29 is 14.0 Å². The van der Waals surface area contributed by atoms with Gasteiger partial charge in [-0.05, 0) is 48.6 Å². The molecule has 1 aliphatic rings. The molecule has 0 aromatic heterocycles. The molecule has 1 saturated carbocycles. The third-order valence-electron chi connectivity index (χ3n) is 5.90. The van der Waals surface area contributed by atoms with Gasteiger partial charge in [-0.15, -0.1) is 0 Å². The molecular formula is C25H30ClFN2O2. The van der Waals surface area contributed by atoms with Gasteiger partial charge in [-0.3, -0.25) is 9.59 Å². The summed E-state index contributed by atoms with van der Waals surface area (Å²) in [5.74, 6) is -0.821. The summed E-state index contributed by atoms with van der Waals surface area (Å²) in [4.78, 5) is 28.0. The first-order valence-corrected chi connectivity index (χ1v) is 11.4. The van der Waals surface area contributed by atoms with Crippen LogP contribution in [-0.4, -0.2) is 28.8 Å². The lowest BCUT2D eigenvalue weighted by molar-refractivity contribution is -0.141. The summed E-state index contributed by atoms with van der Waals surface area (Å²) in [6, 6.07) is 13.0. The molecule has 4 nitrogen and oxygen atoms in total. The number of hydrogen-bond donors (Lipinski definition) is 1. The highest BCUT2D eigenvalue weighted by Crippen LogP contribution is 2.20. The van der Waals surface area contributed by atoms with Crippen LogP contribution < -0.4 is 5.32 Å². The molecule has 0 aliphatic heterocycles. The Hall–Kier alpha value is -2.40. The SMILES string of the molecule is CC[C@@H](C(=O)NC1CCCCC1)N(Cc1ccc(Cl)cc1)C(=O)Cc1ccccc1F. The molecule has 6 heteroatoms. The van der Waals surface area contributed by atoms with Gasteiger partial charge in [0.15, 0.2) is 0 Å². The fraction of sp³-hybridized carbons (Fsp3) is 0.440. The van der Waals surface area contributed by atoms with E-state index in [-0.39, 0.29) is 30.8 Å². The van der Waals surface area contributed by atoms with Crippen molar-refractivity contribution in [3.05, 3.63) is 70.5 Å². The number of nitrogens with one attached hydrogen (secondary N) is 1. The maximum Gasteiger partial charge on any atom is 0.243 e. The van der Waals surface area contributed by atoms with Crippen molar-refractivity contribution >= 4 is 23.4 Å². The van der Waals surface area contributed by atoms with Gasteiger partial charge in [0.05, 0.1) is 6.42 Å². The Kier molecular flexibility index (Phi) is 8.47. The van der Waals surface area contributed by atoms with Crippen molar-refractivity contribution in [3.63, 3.8) is 0 Å². The van der Waals surface area contributed by atoms with Gasteiger partial charge in [-0.1, -0.05) is 68.1 Å². The van der Waals surface area contributed by atoms with Crippen LogP contribution in [0.3, 0.4) is 0 Å². The minimum Gasteiger partial charge on any atom is -0.352 e. The van der Waals surface area contributed by atoms with Crippen molar-refractivity contribution in [2.45, 2.75) is 70.5 Å². The number of carbonyl (C=O) groups excluding carboxylic acids is 2. The molecular weight excluding hydrogens is 415 g/mol. The Balaban J connectivity index is 1.81. The average Bonchev–Trinajstić information content (AvgIpc) is 2.77. The van der Waals surface area contributed by atoms with Crippen LogP contribution in [0.25, 0.3) is 0 Å². The molecule has 3 rings (SSSR count). The molecule has 0 radical (unpaired) electrons. The van der Waals surface area contributed by atoms with Gasteiger partial charge in [0, 0.05) is 17.6 Å². The van der Waals surface area contributed by atoms with Crippen LogP contribution in [0.1, 0.15) is 56.6 Å². The minimum atomic E-state index is -0.614. The summed E-state index contributed by atoms with van der Waals surface area (Å²) in [7, 11) is 0. The maximum absolute atomic E-state index is 14.2. The monoisotopic (exact) mass is 444 g/mol. The summed E-state index contributed by atoms with van der Waals surface area (Å²) in [6.45, 7) is 2.16. The van der Waals surface area contributed by atoms with Gasteiger partial charge in [-0.25, -0.2) is 4.39 Å². The maximum atomic E-state index is 14.2. The van der Waals surface area contributed by atoms with Gasteiger partial charge in [0.25, 0.3) is 0 Å². The Morgan fingerprint density at radius 3 is 2.42 bits per heavy atom. The lowest BCUT2D eigenvalue weighted by Crippen LogP contribution is -2.52. The molecule has 1 N–H and O–H groups in total. The first kappa shape index (κ1) is 23.3. The first-order valence-electron chi connectivity index (χ1n) is 11.1. The largest absolute Gasteiger partial charge is 0.352 e. The van der Waals surface area contributed by atoms with E-state index in [1.807, 2.05) is 19.1 Å². The summed E-state index contributed by atoms with van der Waals surface area (Å²) in [5, 5.41) is 3.75. The van der Waals surface area contributed by atoms with Gasteiger partial charge >= 0.3 is 0 Å². The molecule has 0 bridgehead atoms. The smallest absolute Gasteiger partial charge is 0.243 e. The van der Waals surface area contributed by atoms with Crippen LogP contribution in [0.15, 0.2) is 48.5 Å². The van der Waals surface area contributed by atoms with Gasteiger partial charge in [0.1, 0.15) is 11.9 Å². The van der Waals surface area contributed by atoms with E-state index < -0.39 is 11.9 Å². The van der Waals surface area contributed by atoms with E-state index >= 15 is 0 Å². The molecule has 1 fully saturated rings.